The molecule has 6 heteroatoms. The lowest BCUT2D eigenvalue weighted by Crippen LogP contribution is -2.03. The van der Waals surface area contributed by atoms with E-state index in [9.17, 15) is 13.2 Å². The van der Waals surface area contributed by atoms with Crippen LogP contribution in [-0.2, 0) is 0 Å². The Hall–Kier alpha value is -0.710. The molecule has 0 N–H and O–H groups in total. The van der Waals surface area contributed by atoms with Crippen LogP contribution in [0.15, 0.2) is 34.8 Å². The summed E-state index contributed by atoms with van der Waals surface area (Å²) in [5.74, 6) is -2.36. The van der Waals surface area contributed by atoms with Crippen LogP contribution in [0.1, 0.15) is 16.5 Å². The summed E-state index contributed by atoms with van der Waals surface area (Å²) in [6.45, 7) is 0. The molecular formula is C13H6BrCl2F3. The molecule has 2 rings (SSSR count). The van der Waals surface area contributed by atoms with Crippen LogP contribution < -0.4 is 0 Å². The third-order valence-corrected chi connectivity index (χ3v) is 4.22. The topological polar surface area (TPSA) is 0 Å². The number of hydrogen-bond acceptors (Lipinski definition) is 0. The Bertz CT molecular complexity index is 611. The first-order chi connectivity index (χ1) is 8.91. The van der Waals surface area contributed by atoms with Crippen LogP contribution in [0, 0.1) is 17.5 Å². The maximum atomic E-state index is 13.8. The monoisotopic (exact) mass is 368 g/mol. The Kier molecular flexibility index (Phi) is 4.43. The minimum atomic E-state index is -1.30. The van der Waals surface area contributed by atoms with Gasteiger partial charge in [0.05, 0.1) is 10.4 Å². The lowest BCUT2D eigenvalue weighted by Gasteiger charge is -2.14. The minimum Gasteiger partial charge on any atom is -0.207 e. The van der Waals surface area contributed by atoms with Gasteiger partial charge in [-0.1, -0.05) is 17.7 Å². The van der Waals surface area contributed by atoms with Crippen LogP contribution in [0.3, 0.4) is 0 Å². The third kappa shape index (κ3) is 2.91. The second-order valence-electron chi connectivity index (χ2n) is 3.79. The summed E-state index contributed by atoms with van der Waals surface area (Å²) in [6, 6.07) is 5.68. The lowest BCUT2D eigenvalue weighted by atomic mass is 10.0. The summed E-state index contributed by atoms with van der Waals surface area (Å²) in [5, 5.41) is -1.09. The molecule has 0 bridgehead atoms. The summed E-state index contributed by atoms with van der Waals surface area (Å²) in [4.78, 5) is 0. The molecule has 2 aromatic rings. The molecule has 0 aromatic heterocycles. The molecule has 0 aliphatic carbocycles. The van der Waals surface area contributed by atoms with E-state index in [1.54, 1.807) is 0 Å². The predicted molar refractivity (Wildman–Crippen MR) is 73.2 cm³/mol. The Morgan fingerprint density at radius 3 is 2.16 bits per heavy atom. The van der Waals surface area contributed by atoms with Gasteiger partial charge in [0, 0.05) is 15.6 Å². The zero-order chi connectivity index (χ0) is 14.2. The smallest absolute Gasteiger partial charge is 0.131 e. The quantitative estimate of drug-likeness (QED) is 0.460. The molecule has 0 fully saturated rings. The molecule has 0 heterocycles. The van der Waals surface area contributed by atoms with Crippen LogP contribution in [-0.4, -0.2) is 0 Å². The molecule has 19 heavy (non-hydrogen) atoms. The van der Waals surface area contributed by atoms with E-state index in [0.717, 1.165) is 18.2 Å². The largest absolute Gasteiger partial charge is 0.207 e. The van der Waals surface area contributed by atoms with E-state index in [0.29, 0.717) is 4.47 Å². The van der Waals surface area contributed by atoms with Crippen molar-refractivity contribution in [1.29, 1.82) is 0 Å². The Morgan fingerprint density at radius 2 is 1.58 bits per heavy atom. The average Bonchev–Trinajstić information content (AvgIpc) is 2.33. The highest BCUT2D eigenvalue weighted by Gasteiger charge is 2.23. The van der Waals surface area contributed by atoms with Gasteiger partial charge in [-0.05, 0) is 40.2 Å². The van der Waals surface area contributed by atoms with Gasteiger partial charge in [0.15, 0.2) is 0 Å². The molecule has 100 valence electrons. The van der Waals surface area contributed by atoms with Crippen molar-refractivity contribution in [2.24, 2.45) is 0 Å². The predicted octanol–water partition coefficient (Wildman–Crippen LogP) is 5.85. The number of hydrogen-bond donors (Lipinski definition) is 0. The van der Waals surface area contributed by atoms with Gasteiger partial charge < -0.3 is 0 Å². The summed E-state index contributed by atoms with van der Waals surface area (Å²) in [5.41, 5.74) is -0.486. The highest BCUT2D eigenvalue weighted by molar-refractivity contribution is 9.10. The number of alkyl halides is 1. The van der Waals surface area contributed by atoms with Crippen molar-refractivity contribution in [3.05, 3.63) is 68.4 Å². The van der Waals surface area contributed by atoms with Gasteiger partial charge >= 0.3 is 0 Å². The molecule has 1 unspecified atom stereocenters. The van der Waals surface area contributed by atoms with Crippen LogP contribution in [0.4, 0.5) is 13.2 Å². The summed E-state index contributed by atoms with van der Waals surface area (Å²) in [7, 11) is 0. The van der Waals surface area contributed by atoms with Crippen molar-refractivity contribution in [3.8, 4) is 0 Å². The van der Waals surface area contributed by atoms with E-state index in [2.05, 4.69) is 15.9 Å². The van der Waals surface area contributed by atoms with E-state index in [1.807, 2.05) is 0 Å². The molecule has 0 spiro atoms. The van der Waals surface area contributed by atoms with E-state index in [1.165, 1.54) is 12.1 Å². The van der Waals surface area contributed by atoms with Crippen molar-refractivity contribution in [2.75, 3.05) is 0 Å². The van der Waals surface area contributed by atoms with E-state index < -0.39 is 28.4 Å². The summed E-state index contributed by atoms with van der Waals surface area (Å²) >= 11 is 14.9. The maximum Gasteiger partial charge on any atom is 0.131 e. The Labute approximate surface area is 126 Å². The molecule has 2 aromatic carbocycles. The molecule has 0 saturated heterocycles. The van der Waals surface area contributed by atoms with Crippen molar-refractivity contribution >= 4 is 39.1 Å². The summed E-state index contributed by atoms with van der Waals surface area (Å²) < 4.78 is 41.4. The SMILES string of the molecule is Fc1cc(Br)c(Cl)cc1C(Cl)c1c(F)cccc1F. The fourth-order valence-electron chi connectivity index (χ4n) is 1.64. The molecular weight excluding hydrogens is 364 g/mol. The van der Waals surface area contributed by atoms with Crippen molar-refractivity contribution in [1.82, 2.24) is 0 Å². The van der Waals surface area contributed by atoms with Gasteiger partial charge in [-0.25, -0.2) is 13.2 Å². The molecule has 0 aliphatic rings. The molecule has 0 aliphatic heterocycles. The van der Waals surface area contributed by atoms with Crippen LogP contribution in [0.5, 0.6) is 0 Å². The zero-order valence-corrected chi connectivity index (χ0v) is 12.3. The highest BCUT2D eigenvalue weighted by Crippen LogP contribution is 2.37. The Balaban J connectivity index is 2.56. The highest BCUT2D eigenvalue weighted by atomic mass is 79.9. The number of halogens is 6. The fourth-order valence-corrected chi connectivity index (χ4v) is 2.50. The van der Waals surface area contributed by atoms with Crippen LogP contribution in [0.2, 0.25) is 5.02 Å². The first-order valence-corrected chi connectivity index (χ1v) is 6.75. The Morgan fingerprint density at radius 1 is 1.00 bits per heavy atom. The number of rotatable bonds is 2. The van der Waals surface area contributed by atoms with Gasteiger partial charge in [0.25, 0.3) is 0 Å². The van der Waals surface area contributed by atoms with Crippen LogP contribution in [0.25, 0.3) is 0 Å². The van der Waals surface area contributed by atoms with Gasteiger partial charge in [-0.15, -0.1) is 11.6 Å². The second kappa shape index (κ2) is 5.73. The maximum absolute atomic E-state index is 13.8. The van der Waals surface area contributed by atoms with E-state index in [4.69, 9.17) is 23.2 Å². The average molecular weight is 370 g/mol. The minimum absolute atomic E-state index is 0.0844. The van der Waals surface area contributed by atoms with Crippen LogP contribution >= 0.6 is 39.1 Å². The van der Waals surface area contributed by atoms with Crippen molar-refractivity contribution < 1.29 is 13.2 Å². The van der Waals surface area contributed by atoms with Gasteiger partial charge in [0.2, 0.25) is 0 Å². The normalized spacial score (nSPS) is 12.5. The standard InChI is InChI=1S/C13H6BrCl2F3/c14-7-5-11(19)6(4-8(7)15)13(16)12-9(17)2-1-3-10(12)18/h1-5,13H. The zero-order valence-electron chi connectivity index (χ0n) is 9.23. The van der Waals surface area contributed by atoms with Gasteiger partial charge in [0.1, 0.15) is 17.5 Å². The summed E-state index contributed by atoms with van der Waals surface area (Å²) in [6.07, 6.45) is 0. The van der Waals surface area contributed by atoms with E-state index >= 15 is 0 Å². The molecule has 0 radical (unpaired) electrons. The number of benzene rings is 2. The molecule has 0 saturated carbocycles. The second-order valence-corrected chi connectivity index (χ2v) is 5.48. The first-order valence-electron chi connectivity index (χ1n) is 5.14. The fraction of sp³-hybridized carbons (Fsp3) is 0.0769. The first kappa shape index (κ1) is 14.7. The third-order valence-electron chi connectivity index (χ3n) is 2.57. The van der Waals surface area contributed by atoms with Crippen molar-refractivity contribution in [3.63, 3.8) is 0 Å². The lowest BCUT2D eigenvalue weighted by molar-refractivity contribution is 0.553. The van der Waals surface area contributed by atoms with Gasteiger partial charge in [-0.3, -0.25) is 0 Å². The van der Waals surface area contributed by atoms with E-state index in [-0.39, 0.29) is 10.6 Å². The van der Waals surface area contributed by atoms with Gasteiger partial charge in [-0.2, -0.15) is 0 Å². The molecule has 0 amide bonds. The molecule has 1 atom stereocenters. The molecule has 0 nitrogen and oxygen atoms in total. The van der Waals surface area contributed by atoms with Crippen molar-refractivity contribution in [2.45, 2.75) is 5.38 Å².